The summed E-state index contributed by atoms with van der Waals surface area (Å²) in [6.07, 6.45) is 25.5. The average Bonchev–Trinajstić information content (AvgIpc) is 3.27. The summed E-state index contributed by atoms with van der Waals surface area (Å²) in [5.41, 5.74) is 7.73. The van der Waals surface area contributed by atoms with Crippen LogP contribution in [0.1, 0.15) is 197 Å². The Balaban J connectivity index is -0.000000747. The molecule has 59 heavy (non-hydrogen) atoms. The van der Waals surface area contributed by atoms with E-state index in [1.54, 1.807) is 6.07 Å². The predicted octanol–water partition coefficient (Wildman–Crippen LogP) is 15.2. The zero-order chi connectivity index (χ0) is 45.1. The molecule has 0 fully saturated rings. The third-order valence-corrected chi connectivity index (χ3v) is 10.5. The summed E-state index contributed by atoms with van der Waals surface area (Å²) < 4.78 is 5.53. The number of aromatic hydroxyl groups is 1. The van der Waals surface area contributed by atoms with Crippen molar-refractivity contribution in [3.8, 4) is 5.75 Å². The van der Waals surface area contributed by atoms with Crippen molar-refractivity contribution in [2.75, 3.05) is 13.2 Å². The number of phenolic OH excluding ortho intramolecular Hbond substituents is 1. The number of hydrogen-bond acceptors (Lipinski definition) is 4. The van der Waals surface area contributed by atoms with Crippen LogP contribution in [0, 0.1) is 6.92 Å². The lowest BCUT2D eigenvalue weighted by atomic mass is 9.51. The van der Waals surface area contributed by atoms with Crippen LogP contribution < -0.4 is 5.30 Å². The Bertz CT molecular complexity index is 1320. The maximum Gasteiger partial charge on any atom is 0.294 e. The molecule has 0 aliphatic carbocycles. The van der Waals surface area contributed by atoms with E-state index in [4.69, 9.17) is 9.53 Å². The summed E-state index contributed by atoms with van der Waals surface area (Å²) in [6, 6.07) is 21.2. The minimum absolute atomic E-state index is 0.153. The highest BCUT2D eigenvalue weighted by Gasteiger charge is 2.31. The van der Waals surface area contributed by atoms with Crippen molar-refractivity contribution in [2.45, 2.75) is 196 Å². The number of phenols is 1. The van der Waals surface area contributed by atoms with Gasteiger partial charge in [0.1, 0.15) is 12.5 Å². The van der Waals surface area contributed by atoms with E-state index in [0.717, 1.165) is 29.6 Å². The van der Waals surface area contributed by atoms with Gasteiger partial charge in [-0.05, 0) is 96.9 Å². The highest BCUT2D eigenvalue weighted by molar-refractivity contribution is 7.27. The molecule has 0 spiro atoms. The molecule has 4 nitrogen and oxygen atoms in total. The standard InChI is InChI=1S/C18H30.C16H18BO2P.C12H26O.2C2H6.C2H4.CH2O/c1-3-5-6-7-8-9-10-12-18-15-13-17(11-4-2)14-16-18;1-10-3-2-4-11(5-10)14-8-17(19)9-15-13(14)6-12(18)7-16(15)20;1-3-5-7-9-11-13-12-10-8-6-4-2;4*1-2/h13-16H,3-12H2,1-2H3;2-7,14,18-19H,8-9,20H2,1H3;3-12H2,1-2H3;2*1-2H3;1-2H2;1H2/t;14-;;;;;/m.0...../s1. The van der Waals surface area contributed by atoms with E-state index in [-0.39, 0.29) is 12.8 Å². The van der Waals surface area contributed by atoms with Crippen molar-refractivity contribution < 1.29 is 19.7 Å². The summed E-state index contributed by atoms with van der Waals surface area (Å²) in [4.78, 5) is 8.00. The molecule has 336 valence electrons. The van der Waals surface area contributed by atoms with Gasteiger partial charge in [0, 0.05) is 19.1 Å². The number of ether oxygens (including phenoxy) is 1. The molecule has 3 aromatic rings. The molecular weight excluding hydrogens is 742 g/mol. The van der Waals surface area contributed by atoms with Crippen LogP contribution in [0.4, 0.5) is 0 Å². The van der Waals surface area contributed by atoms with Gasteiger partial charge in [-0.15, -0.1) is 22.4 Å². The fourth-order valence-electron chi connectivity index (χ4n) is 6.98. The van der Waals surface area contributed by atoms with Gasteiger partial charge in [0.15, 0.2) is 0 Å². The molecule has 4 rings (SSSR count). The maximum absolute atomic E-state index is 10.2. The lowest BCUT2D eigenvalue weighted by Gasteiger charge is -2.29. The van der Waals surface area contributed by atoms with E-state index >= 15 is 0 Å². The second kappa shape index (κ2) is 44.8. The van der Waals surface area contributed by atoms with Crippen molar-refractivity contribution in [3.63, 3.8) is 0 Å². The predicted molar refractivity (Wildman–Crippen MR) is 269 cm³/mol. The van der Waals surface area contributed by atoms with Gasteiger partial charge in [0.05, 0.1) is 0 Å². The molecular formula is C53H92BO4P. The van der Waals surface area contributed by atoms with Crippen LogP contribution in [0.2, 0.25) is 6.32 Å². The maximum atomic E-state index is 10.2. The molecule has 1 aliphatic heterocycles. The first-order valence-corrected chi connectivity index (χ1v) is 24.2. The molecule has 6 heteroatoms. The number of carbonyl (C=O) groups is 1. The van der Waals surface area contributed by atoms with Crippen LogP contribution in [0.15, 0.2) is 73.8 Å². The fraction of sp³-hybridized carbons (Fsp3) is 0.604. The van der Waals surface area contributed by atoms with Gasteiger partial charge in [0.25, 0.3) is 6.92 Å². The van der Waals surface area contributed by atoms with E-state index in [1.807, 2.05) is 40.6 Å². The van der Waals surface area contributed by atoms with Crippen molar-refractivity contribution in [1.29, 1.82) is 0 Å². The quantitative estimate of drug-likeness (QED) is 0.0485. The van der Waals surface area contributed by atoms with Gasteiger partial charge < -0.3 is 19.7 Å². The topological polar surface area (TPSA) is 66.8 Å². The summed E-state index contributed by atoms with van der Waals surface area (Å²) in [5.74, 6) is 0.447. The molecule has 0 aromatic heterocycles. The third-order valence-electron chi connectivity index (χ3n) is 9.99. The Labute approximate surface area is 369 Å². The third kappa shape index (κ3) is 30.9. The Morgan fingerprint density at radius 3 is 1.63 bits per heavy atom. The molecule has 0 radical (unpaired) electrons. The summed E-state index contributed by atoms with van der Waals surface area (Å²) >= 11 is 0. The van der Waals surface area contributed by atoms with Crippen LogP contribution in [0.3, 0.4) is 0 Å². The van der Waals surface area contributed by atoms with Crippen LogP contribution >= 0.6 is 9.24 Å². The van der Waals surface area contributed by atoms with Crippen LogP contribution in [0.5, 0.6) is 5.75 Å². The van der Waals surface area contributed by atoms with Gasteiger partial charge in [-0.3, -0.25) is 0 Å². The SMILES string of the molecule is C=C.C=O.CC.CC.CCCCCCCCCc1ccc(CCC)cc1.CCCCCCOCCCCCC.Cc1cccc([C@@H]2CB(O)Cc3c(P)cc(O)cc32)c1. The Kier molecular flexibility index (Phi) is 46.0. The largest absolute Gasteiger partial charge is 0.508 e. The first-order valence-electron chi connectivity index (χ1n) is 23.6. The Morgan fingerprint density at radius 2 is 1.14 bits per heavy atom. The summed E-state index contributed by atoms with van der Waals surface area (Å²) in [7, 11) is 2.67. The van der Waals surface area contributed by atoms with E-state index in [1.165, 1.54) is 138 Å². The molecule has 1 heterocycles. The second-order valence-corrected chi connectivity index (χ2v) is 15.5. The van der Waals surface area contributed by atoms with Gasteiger partial charge >= 0.3 is 0 Å². The zero-order valence-electron chi connectivity index (χ0n) is 39.9. The minimum atomic E-state index is -0.322. The molecule has 0 bridgehead atoms. The minimum Gasteiger partial charge on any atom is -0.508 e. The normalized spacial score (nSPS) is 12.1. The first kappa shape index (κ1) is 60.6. The summed E-state index contributed by atoms with van der Waals surface area (Å²) in [6.45, 7) is 28.7. The Morgan fingerprint density at radius 1 is 0.661 bits per heavy atom. The molecule has 2 N–H and O–H groups in total. The van der Waals surface area contributed by atoms with Crippen molar-refractivity contribution in [1.82, 2.24) is 0 Å². The van der Waals surface area contributed by atoms with Gasteiger partial charge in [-0.2, -0.15) is 0 Å². The molecule has 0 saturated carbocycles. The highest BCUT2D eigenvalue weighted by Crippen LogP contribution is 2.38. The van der Waals surface area contributed by atoms with Crippen LogP contribution in [0.25, 0.3) is 0 Å². The molecule has 0 saturated heterocycles. The van der Waals surface area contributed by atoms with Crippen LogP contribution in [-0.4, -0.2) is 37.0 Å². The first-order chi connectivity index (χ1) is 28.8. The van der Waals surface area contributed by atoms with E-state index in [9.17, 15) is 10.1 Å². The van der Waals surface area contributed by atoms with Gasteiger partial charge in [-0.25, -0.2) is 0 Å². The Hall–Kier alpha value is -2.72. The van der Waals surface area contributed by atoms with Crippen molar-refractivity contribution in [2.24, 2.45) is 0 Å². The van der Waals surface area contributed by atoms with Crippen molar-refractivity contribution >= 4 is 28.2 Å². The number of hydrogen-bond donors (Lipinski definition) is 2. The second-order valence-electron chi connectivity index (χ2n) is 14.8. The number of unbranched alkanes of at least 4 members (excludes halogenated alkanes) is 12. The molecule has 2 atom stereocenters. The molecule has 3 aromatic carbocycles. The lowest BCUT2D eigenvalue weighted by molar-refractivity contribution is -0.0980. The van der Waals surface area contributed by atoms with E-state index in [2.05, 4.69) is 106 Å². The lowest BCUT2D eigenvalue weighted by Crippen LogP contribution is -2.30. The zero-order valence-corrected chi connectivity index (χ0v) is 41.0. The monoisotopic (exact) mass is 835 g/mol. The van der Waals surface area contributed by atoms with E-state index < -0.39 is 0 Å². The average molecular weight is 835 g/mol. The number of fused-ring (bicyclic) bond motifs is 1. The highest BCUT2D eigenvalue weighted by atomic mass is 31.0. The van der Waals surface area contributed by atoms with Crippen LogP contribution in [-0.2, 0) is 28.7 Å². The van der Waals surface area contributed by atoms with Crippen molar-refractivity contribution in [3.05, 3.63) is 107 Å². The molecule has 0 amide bonds. The van der Waals surface area contributed by atoms with Gasteiger partial charge in [-0.1, -0.05) is 193 Å². The van der Waals surface area contributed by atoms with Gasteiger partial charge in [0.2, 0.25) is 0 Å². The number of carbonyl (C=O) groups excluding carboxylic acids is 1. The molecule has 1 unspecified atom stereocenters. The number of benzene rings is 3. The summed E-state index contributed by atoms with van der Waals surface area (Å²) in [5, 5.41) is 21.0. The molecule has 1 aliphatic rings. The van der Waals surface area contributed by atoms with E-state index in [0.29, 0.717) is 18.4 Å². The smallest absolute Gasteiger partial charge is 0.294 e. The number of rotatable bonds is 21. The fourth-order valence-corrected chi connectivity index (χ4v) is 7.43. The number of aryl methyl sites for hydroxylation is 3.